The molecule has 0 aliphatic rings. The summed E-state index contributed by atoms with van der Waals surface area (Å²) in [6.45, 7) is 0. The Bertz CT molecular complexity index is 519. The van der Waals surface area contributed by atoms with Gasteiger partial charge in [0.25, 0.3) is 0 Å². The maximum absolute atomic E-state index is 11.0. The standard InChI is InChI=1S/C15H17NO/c1-16(2)15(11-17)10-12-7-8-13-5-3-4-6-14(13)9-12/h3-9,11,15H,10H2,1-2H3/t15-/m0/s1. The van der Waals surface area contributed by atoms with Crippen LogP contribution >= 0.6 is 0 Å². The van der Waals surface area contributed by atoms with Crippen LogP contribution in [-0.4, -0.2) is 31.3 Å². The molecule has 0 bridgehead atoms. The highest BCUT2D eigenvalue weighted by Gasteiger charge is 2.10. The monoisotopic (exact) mass is 227 g/mol. The van der Waals surface area contributed by atoms with Crippen LogP contribution in [0.15, 0.2) is 42.5 Å². The zero-order valence-corrected chi connectivity index (χ0v) is 10.3. The topological polar surface area (TPSA) is 20.3 Å². The Kier molecular flexibility index (Phi) is 3.55. The Morgan fingerprint density at radius 2 is 1.82 bits per heavy atom. The van der Waals surface area contributed by atoms with Crippen LogP contribution in [0, 0.1) is 0 Å². The van der Waals surface area contributed by atoms with Gasteiger partial charge in [-0.1, -0.05) is 42.5 Å². The molecule has 0 heterocycles. The van der Waals surface area contributed by atoms with Crippen molar-refractivity contribution in [3.05, 3.63) is 48.0 Å². The van der Waals surface area contributed by atoms with E-state index in [1.165, 1.54) is 16.3 Å². The largest absolute Gasteiger partial charge is 0.302 e. The van der Waals surface area contributed by atoms with Crippen molar-refractivity contribution in [2.75, 3.05) is 14.1 Å². The summed E-state index contributed by atoms with van der Waals surface area (Å²) in [4.78, 5) is 12.9. The third-order valence-electron chi connectivity index (χ3n) is 3.08. The Hall–Kier alpha value is -1.67. The van der Waals surface area contributed by atoms with Crippen molar-refractivity contribution in [1.29, 1.82) is 0 Å². The number of likely N-dealkylation sites (N-methyl/N-ethyl adjacent to an activating group) is 1. The number of hydrogen-bond donors (Lipinski definition) is 0. The number of fused-ring (bicyclic) bond motifs is 1. The minimum atomic E-state index is -0.0452. The van der Waals surface area contributed by atoms with E-state index in [2.05, 4.69) is 30.3 Å². The zero-order valence-electron chi connectivity index (χ0n) is 10.3. The third-order valence-corrected chi connectivity index (χ3v) is 3.08. The van der Waals surface area contributed by atoms with Gasteiger partial charge in [0.1, 0.15) is 6.29 Å². The molecule has 0 saturated carbocycles. The molecule has 0 spiro atoms. The second-order valence-corrected chi connectivity index (χ2v) is 4.55. The van der Waals surface area contributed by atoms with Gasteiger partial charge < -0.3 is 4.79 Å². The van der Waals surface area contributed by atoms with Crippen LogP contribution in [0.5, 0.6) is 0 Å². The van der Waals surface area contributed by atoms with Gasteiger partial charge in [-0.25, -0.2) is 0 Å². The summed E-state index contributed by atoms with van der Waals surface area (Å²) in [6, 6.07) is 14.6. The van der Waals surface area contributed by atoms with E-state index in [0.717, 1.165) is 12.7 Å². The Morgan fingerprint density at radius 1 is 1.12 bits per heavy atom. The molecule has 0 aliphatic heterocycles. The first-order valence-corrected chi connectivity index (χ1v) is 5.80. The molecule has 2 aromatic rings. The molecule has 0 fully saturated rings. The molecule has 0 unspecified atom stereocenters. The first-order valence-electron chi connectivity index (χ1n) is 5.80. The molecule has 1 atom stereocenters. The van der Waals surface area contributed by atoms with Crippen molar-refractivity contribution in [3.63, 3.8) is 0 Å². The fraction of sp³-hybridized carbons (Fsp3) is 0.267. The second kappa shape index (κ2) is 5.11. The summed E-state index contributed by atoms with van der Waals surface area (Å²) >= 11 is 0. The predicted octanol–water partition coefficient (Wildman–Crippen LogP) is 2.51. The predicted molar refractivity (Wildman–Crippen MR) is 71.2 cm³/mol. The molecule has 2 rings (SSSR count). The number of carbonyl (C=O) groups excluding carboxylic acids is 1. The highest BCUT2D eigenvalue weighted by molar-refractivity contribution is 5.83. The fourth-order valence-corrected chi connectivity index (χ4v) is 1.96. The van der Waals surface area contributed by atoms with Crippen molar-refractivity contribution in [2.24, 2.45) is 0 Å². The Labute approximate surface area is 102 Å². The van der Waals surface area contributed by atoms with E-state index >= 15 is 0 Å². The lowest BCUT2D eigenvalue weighted by Gasteiger charge is -2.18. The number of hydrogen-bond acceptors (Lipinski definition) is 2. The minimum Gasteiger partial charge on any atom is -0.302 e. The van der Waals surface area contributed by atoms with Gasteiger partial charge in [-0.2, -0.15) is 0 Å². The van der Waals surface area contributed by atoms with E-state index in [0.29, 0.717) is 0 Å². The van der Waals surface area contributed by atoms with Crippen LogP contribution in [0.3, 0.4) is 0 Å². The lowest BCUT2D eigenvalue weighted by molar-refractivity contribution is -0.111. The number of nitrogens with zero attached hydrogens (tertiary/aromatic N) is 1. The Balaban J connectivity index is 2.27. The van der Waals surface area contributed by atoms with Crippen molar-refractivity contribution in [2.45, 2.75) is 12.5 Å². The number of carbonyl (C=O) groups is 1. The average Bonchev–Trinajstić information content (AvgIpc) is 2.35. The van der Waals surface area contributed by atoms with Gasteiger partial charge >= 0.3 is 0 Å². The van der Waals surface area contributed by atoms with Crippen LogP contribution in [0.2, 0.25) is 0 Å². The SMILES string of the molecule is CN(C)[C@H](C=O)Cc1ccc2ccccc2c1. The molecule has 17 heavy (non-hydrogen) atoms. The Morgan fingerprint density at radius 3 is 2.47 bits per heavy atom. The fourth-order valence-electron chi connectivity index (χ4n) is 1.96. The molecule has 0 radical (unpaired) electrons. The van der Waals surface area contributed by atoms with E-state index in [1.807, 2.05) is 31.1 Å². The van der Waals surface area contributed by atoms with Gasteiger partial charge in [0.2, 0.25) is 0 Å². The number of aldehydes is 1. The third kappa shape index (κ3) is 2.71. The van der Waals surface area contributed by atoms with E-state index in [4.69, 9.17) is 0 Å². The van der Waals surface area contributed by atoms with Crippen molar-refractivity contribution in [1.82, 2.24) is 4.90 Å². The molecule has 2 heteroatoms. The van der Waals surface area contributed by atoms with Gasteiger partial charge in [-0.05, 0) is 36.9 Å². The minimum absolute atomic E-state index is 0.0452. The van der Waals surface area contributed by atoms with Gasteiger partial charge in [-0.3, -0.25) is 4.90 Å². The molecule has 2 aromatic carbocycles. The van der Waals surface area contributed by atoms with Crippen LogP contribution in [0.4, 0.5) is 0 Å². The summed E-state index contributed by atoms with van der Waals surface area (Å²) in [5.74, 6) is 0. The van der Waals surface area contributed by atoms with Gasteiger partial charge in [-0.15, -0.1) is 0 Å². The quantitative estimate of drug-likeness (QED) is 0.748. The van der Waals surface area contributed by atoms with E-state index in [-0.39, 0.29) is 6.04 Å². The van der Waals surface area contributed by atoms with Crippen molar-refractivity contribution >= 4 is 17.1 Å². The molecular weight excluding hydrogens is 210 g/mol. The molecule has 88 valence electrons. The summed E-state index contributed by atoms with van der Waals surface area (Å²) < 4.78 is 0. The van der Waals surface area contributed by atoms with Crippen LogP contribution in [-0.2, 0) is 11.2 Å². The molecule has 0 N–H and O–H groups in total. The molecule has 0 amide bonds. The zero-order chi connectivity index (χ0) is 12.3. The molecule has 0 saturated heterocycles. The van der Waals surface area contributed by atoms with Gasteiger partial charge in [0.05, 0.1) is 6.04 Å². The van der Waals surface area contributed by atoms with E-state index in [1.54, 1.807) is 0 Å². The van der Waals surface area contributed by atoms with E-state index < -0.39 is 0 Å². The lowest BCUT2D eigenvalue weighted by atomic mass is 10.0. The van der Waals surface area contributed by atoms with Crippen LogP contribution in [0.1, 0.15) is 5.56 Å². The second-order valence-electron chi connectivity index (χ2n) is 4.55. The molecular formula is C15H17NO. The molecule has 0 aliphatic carbocycles. The normalized spacial score (nSPS) is 12.9. The maximum atomic E-state index is 11.0. The first kappa shape index (κ1) is 11.8. The highest BCUT2D eigenvalue weighted by atomic mass is 16.1. The van der Waals surface area contributed by atoms with Crippen molar-refractivity contribution < 1.29 is 4.79 Å². The van der Waals surface area contributed by atoms with Crippen LogP contribution < -0.4 is 0 Å². The number of rotatable bonds is 4. The smallest absolute Gasteiger partial charge is 0.137 e. The van der Waals surface area contributed by atoms with E-state index in [9.17, 15) is 4.79 Å². The first-order chi connectivity index (χ1) is 8.20. The van der Waals surface area contributed by atoms with Crippen LogP contribution in [0.25, 0.3) is 10.8 Å². The summed E-state index contributed by atoms with van der Waals surface area (Å²) in [5, 5.41) is 2.47. The summed E-state index contributed by atoms with van der Waals surface area (Å²) in [5.41, 5.74) is 1.20. The summed E-state index contributed by atoms with van der Waals surface area (Å²) in [6.07, 6.45) is 1.77. The van der Waals surface area contributed by atoms with Crippen molar-refractivity contribution in [3.8, 4) is 0 Å². The highest BCUT2D eigenvalue weighted by Crippen LogP contribution is 2.17. The van der Waals surface area contributed by atoms with Gasteiger partial charge in [0.15, 0.2) is 0 Å². The summed E-state index contributed by atoms with van der Waals surface area (Å²) in [7, 11) is 3.86. The lowest BCUT2D eigenvalue weighted by Crippen LogP contribution is -2.31. The number of benzene rings is 2. The maximum Gasteiger partial charge on any atom is 0.137 e. The molecule has 0 aromatic heterocycles. The van der Waals surface area contributed by atoms with Gasteiger partial charge in [0, 0.05) is 0 Å². The average molecular weight is 227 g/mol. The molecule has 2 nitrogen and oxygen atoms in total.